The molecule has 6 nitrogen and oxygen atoms in total. The van der Waals surface area contributed by atoms with Gasteiger partial charge in [0.25, 0.3) is 0 Å². The lowest BCUT2D eigenvalue weighted by Gasteiger charge is -2.21. The van der Waals surface area contributed by atoms with Gasteiger partial charge in [-0.3, -0.25) is 4.57 Å². The highest BCUT2D eigenvalue weighted by Gasteiger charge is 2.28. The lowest BCUT2D eigenvalue weighted by molar-refractivity contribution is -0.388. The highest BCUT2D eigenvalue weighted by Crippen LogP contribution is 2.29. The van der Waals surface area contributed by atoms with Crippen LogP contribution in [-0.4, -0.2) is 27.6 Å². The number of imidazole rings is 1. The Morgan fingerprint density at radius 3 is 2.35 bits per heavy atom. The Balaban J connectivity index is 2.38. The third-order valence-corrected chi connectivity index (χ3v) is 3.35. The van der Waals surface area contributed by atoms with Gasteiger partial charge in [0.1, 0.15) is 0 Å². The third-order valence-electron chi connectivity index (χ3n) is 3.35. The van der Waals surface area contributed by atoms with E-state index in [9.17, 15) is 10.1 Å². The molecule has 1 aliphatic heterocycles. The fourth-order valence-corrected chi connectivity index (χ4v) is 2.34. The number of nitrogens with zero attached hydrogens (tertiary/aromatic N) is 4. The van der Waals surface area contributed by atoms with Crippen LogP contribution in [0.25, 0.3) is 0 Å². The van der Waals surface area contributed by atoms with E-state index in [0.717, 1.165) is 25.9 Å². The first-order valence-corrected chi connectivity index (χ1v) is 6.04. The average Bonchev–Trinajstić information content (AvgIpc) is 2.51. The molecule has 0 radical (unpaired) electrons. The number of nitro groups is 1. The zero-order valence-corrected chi connectivity index (χ0v) is 10.3. The van der Waals surface area contributed by atoms with E-state index in [1.165, 1.54) is 12.8 Å². The molecule has 0 aliphatic carbocycles. The summed E-state index contributed by atoms with van der Waals surface area (Å²) in [5.41, 5.74) is 0. The minimum Gasteiger partial charge on any atom is -0.358 e. The maximum atomic E-state index is 11.0. The molecule has 17 heavy (non-hydrogen) atoms. The SMILES string of the molecule is Cc1nc([N+](=O)[O-])c(N2CCCCCC2)n1C. The summed E-state index contributed by atoms with van der Waals surface area (Å²) >= 11 is 0. The van der Waals surface area contributed by atoms with Crippen LogP contribution in [-0.2, 0) is 7.05 Å². The summed E-state index contributed by atoms with van der Waals surface area (Å²) in [6.07, 6.45) is 4.62. The molecule has 1 saturated heterocycles. The molecule has 1 aliphatic rings. The van der Waals surface area contributed by atoms with Crippen LogP contribution < -0.4 is 4.90 Å². The highest BCUT2D eigenvalue weighted by atomic mass is 16.6. The second-order valence-corrected chi connectivity index (χ2v) is 4.52. The van der Waals surface area contributed by atoms with E-state index in [-0.39, 0.29) is 10.7 Å². The predicted molar refractivity (Wildman–Crippen MR) is 65.3 cm³/mol. The Morgan fingerprint density at radius 1 is 1.24 bits per heavy atom. The molecule has 0 atom stereocenters. The fraction of sp³-hybridized carbons (Fsp3) is 0.727. The molecule has 2 heterocycles. The van der Waals surface area contributed by atoms with E-state index in [1.54, 1.807) is 6.92 Å². The lowest BCUT2D eigenvalue weighted by atomic mass is 10.2. The van der Waals surface area contributed by atoms with Gasteiger partial charge < -0.3 is 15.0 Å². The highest BCUT2D eigenvalue weighted by molar-refractivity contribution is 5.55. The topological polar surface area (TPSA) is 64.2 Å². The largest absolute Gasteiger partial charge is 0.406 e. The van der Waals surface area contributed by atoms with Crippen molar-refractivity contribution >= 4 is 11.6 Å². The van der Waals surface area contributed by atoms with E-state index in [1.807, 2.05) is 11.6 Å². The monoisotopic (exact) mass is 238 g/mol. The van der Waals surface area contributed by atoms with Gasteiger partial charge in [0.15, 0.2) is 0 Å². The van der Waals surface area contributed by atoms with Crippen LogP contribution >= 0.6 is 0 Å². The van der Waals surface area contributed by atoms with Crippen LogP contribution in [0, 0.1) is 17.0 Å². The molecule has 6 heteroatoms. The van der Waals surface area contributed by atoms with Crippen molar-refractivity contribution in [2.75, 3.05) is 18.0 Å². The number of aromatic nitrogens is 2. The molecule has 1 aromatic heterocycles. The van der Waals surface area contributed by atoms with Crippen molar-refractivity contribution in [3.8, 4) is 0 Å². The van der Waals surface area contributed by atoms with Crippen LogP contribution in [0.15, 0.2) is 0 Å². The summed E-state index contributed by atoms with van der Waals surface area (Å²) in [7, 11) is 1.84. The number of hydrogen-bond donors (Lipinski definition) is 0. The molecule has 0 saturated carbocycles. The molecular formula is C11H18N4O2. The van der Waals surface area contributed by atoms with Gasteiger partial charge in [-0.25, -0.2) is 0 Å². The van der Waals surface area contributed by atoms with E-state index >= 15 is 0 Å². The van der Waals surface area contributed by atoms with Gasteiger partial charge in [-0.2, -0.15) is 0 Å². The first-order chi connectivity index (χ1) is 8.11. The number of aryl methyl sites for hydroxylation is 1. The molecule has 0 aromatic carbocycles. The molecule has 94 valence electrons. The van der Waals surface area contributed by atoms with Gasteiger partial charge in [0, 0.05) is 27.1 Å². The number of anilines is 1. The van der Waals surface area contributed by atoms with Crippen molar-refractivity contribution in [3.63, 3.8) is 0 Å². The van der Waals surface area contributed by atoms with Crippen LogP contribution in [0.4, 0.5) is 11.6 Å². The number of hydrogen-bond acceptors (Lipinski definition) is 4. The van der Waals surface area contributed by atoms with Gasteiger partial charge in [-0.15, -0.1) is 0 Å². The maximum absolute atomic E-state index is 11.0. The quantitative estimate of drug-likeness (QED) is 0.584. The van der Waals surface area contributed by atoms with Gasteiger partial charge in [-0.1, -0.05) is 12.8 Å². The summed E-state index contributed by atoms with van der Waals surface area (Å²) < 4.78 is 1.82. The van der Waals surface area contributed by atoms with Gasteiger partial charge >= 0.3 is 5.82 Å². The van der Waals surface area contributed by atoms with Crippen molar-refractivity contribution in [3.05, 3.63) is 15.9 Å². The second-order valence-electron chi connectivity index (χ2n) is 4.52. The number of rotatable bonds is 2. The summed E-state index contributed by atoms with van der Waals surface area (Å²) in [4.78, 5) is 16.8. The molecular weight excluding hydrogens is 220 g/mol. The molecule has 0 amide bonds. The zero-order chi connectivity index (χ0) is 12.4. The van der Waals surface area contributed by atoms with Gasteiger partial charge in [0.05, 0.1) is 0 Å². The maximum Gasteiger partial charge on any atom is 0.406 e. The van der Waals surface area contributed by atoms with Crippen LogP contribution in [0.5, 0.6) is 0 Å². The molecule has 0 spiro atoms. The second kappa shape index (κ2) is 4.73. The molecule has 0 N–H and O–H groups in total. The molecule has 1 fully saturated rings. The van der Waals surface area contributed by atoms with Crippen LogP contribution in [0.3, 0.4) is 0 Å². The van der Waals surface area contributed by atoms with Crippen molar-refractivity contribution < 1.29 is 4.92 Å². The fourth-order valence-electron chi connectivity index (χ4n) is 2.34. The summed E-state index contributed by atoms with van der Waals surface area (Å²) in [5.74, 6) is 1.34. The molecule has 0 unspecified atom stereocenters. The molecule has 0 bridgehead atoms. The van der Waals surface area contributed by atoms with E-state index in [4.69, 9.17) is 0 Å². The van der Waals surface area contributed by atoms with E-state index < -0.39 is 0 Å². The zero-order valence-electron chi connectivity index (χ0n) is 10.3. The first kappa shape index (κ1) is 11.9. The van der Waals surface area contributed by atoms with E-state index in [2.05, 4.69) is 9.88 Å². The van der Waals surface area contributed by atoms with Crippen molar-refractivity contribution in [1.82, 2.24) is 9.55 Å². The Bertz CT molecular complexity index is 419. The minimum absolute atomic E-state index is 0.00750. The van der Waals surface area contributed by atoms with Crippen molar-refractivity contribution in [2.45, 2.75) is 32.6 Å². The van der Waals surface area contributed by atoms with Crippen LogP contribution in [0.2, 0.25) is 0 Å². The third kappa shape index (κ3) is 2.25. The normalized spacial score (nSPS) is 16.9. The Kier molecular flexibility index (Phi) is 3.31. The van der Waals surface area contributed by atoms with Crippen molar-refractivity contribution in [1.29, 1.82) is 0 Å². The predicted octanol–water partition coefficient (Wildman–Crippen LogP) is 2.02. The lowest BCUT2D eigenvalue weighted by Crippen LogP contribution is -2.26. The molecule has 2 rings (SSSR count). The standard InChI is InChI=1S/C11H18N4O2/c1-9-12-10(15(16)17)11(13(9)2)14-7-5-3-4-6-8-14/h3-8H2,1-2H3. The summed E-state index contributed by atoms with van der Waals surface area (Å²) in [6, 6.07) is 0. The first-order valence-electron chi connectivity index (χ1n) is 6.04. The average molecular weight is 238 g/mol. The Hall–Kier alpha value is -1.59. The Labute approximate surface area is 100 Å². The smallest absolute Gasteiger partial charge is 0.358 e. The molecule has 1 aromatic rings. The minimum atomic E-state index is -0.382. The summed E-state index contributed by atoms with van der Waals surface area (Å²) in [5, 5.41) is 11.0. The summed E-state index contributed by atoms with van der Waals surface area (Å²) in [6.45, 7) is 3.58. The van der Waals surface area contributed by atoms with Crippen molar-refractivity contribution in [2.24, 2.45) is 7.05 Å². The van der Waals surface area contributed by atoms with Crippen LogP contribution in [0.1, 0.15) is 31.5 Å². The van der Waals surface area contributed by atoms with Gasteiger partial charge in [0.2, 0.25) is 11.6 Å². The van der Waals surface area contributed by atoms with E-state index in [0.29, 0.717) is 11.6 Å². The Morgan fingerprint density at radius 2 is 1.82 bits per heavy atom. The van der Waals surface area contributed by atoms with Gasteiger partial charge in [-0.05, 0) is 22.7 Å².